The van der Waals surface area contributed by atoms with Crippen molar-refractivity contribution in [3.05, 3.63) is 87.5 Å². The molecule has 0 amide bonds. The predicted octanol–water partition coefficient (Wildman–Crippen LogP) is 6.88. The molecular formula is C44H54N2O9. The average Bonchev–Trinajstić information content (AvgIpc) is 3.19. The number of phenols is 1. The zero-order valence-electron chi connectivity index (χ0n) is 32.4. The molecule has 5 atom stereocenters. The Morgan fingerprint density at radius 1 is 0.909 bits per heavy atom. The number of methoxy groups -OCH3 is 2. The van der Waals surface area contributed by atoms with Gasteiger partial charge in [-0.05, 0) is 72.5 Å². The molecule has 0 unspecified atom stereocenters. The van der Waals surface area contributed by atoms with Crippen molar-refractivity contribution in [1.82, 2.24) is 5.32 Å². The third-order valence-corrected chi connectivity index (χ3v) is 11.4. The van der Waals surface area contributed by atoms with Gasteiger partial charge in [-0.15, -0.1) is 0 Å². The summed E-state index contributed by atoms with van der Waals surface area (Å²) in [5, 5.41) is 51.7. The molecule has 0 spiro atoms. The van der Waals surface area contributed by atoms with Gasteiger partial charge in [-0.1, -0.05) is 51.5 Å². The minimum atomic E-state index is -1.03. The molecular weight excluding hydrogens is 700 g/mol. The summed E-state index contributed by atoms with van der Waals surface area (Å²) in [4.78, 5) is 0. The van der Waals surface area contributed by atoms with Crippen LogP contribution in [-0.4, -0.2) is 67.7 Å². The topological polar surface area (TPSA) is 151 Å². The first-order chi connectivity index (χ1) is 26.7. The summed E-state index contributed by atoms with van der Waals surface area (Å²) in [7, 11) is 3.12. The van der Waals surface area contributed by atoms with Crippen LogP contribution in [0.1, 0.15) is 96.7 Å². The molecule has 0 radical (unpaired) electrons. The van der Waals surface area contributed by atoms with Crippen LogP contribution in [0.25, 0.3) is 11.1 Å². The van der Waals surface area contributed by atoms with Crippen molar-refractivity contribution >= 4 is 5.69 Å². The van der Waals surface area contributed by atoms with Gasteiger partial charge in [0.1, 0.15) is 24.0 Å². The number of hydrogen-bond donors (Lipinski definition) is 6. The van der Waals surface area contributed by atoms with Crippen molar-refractivity contribution in [3.8, 4) is 45.6 Å². The zero-order chi connectivity index (χ0) is 38.8. The van der Waals surface area contributed by atoms with Crippen molar-refractivity contribution in [2.45, 2.75) is 77.0 Å². The van der Waals surface area contributed by atoms with Crippen LogP contribution in [0.5, 0.6) is 34.5 Å². The molecule has 0 aromatic heterocycles. The molecule has 11 nitrogen and oxygen atoms in total. The van der Waals surface area contributed by atoms with E-state index >= 15 is 0 Å². The van der Waals surface area contributed by atoms with Crippen LogP contribution in [-0.2, 0) is 19.3 Å². The molecule has 55 heavy (non-hydrogen) atoms. The van der Waals surface area contributed by atoms with Crippen molar-refractivity contribution in [2.75, 3.05) is 52.6 Å². The maximum atomic E-state index is 12.3. The Morgan fingerprint density at radius 2 is 1.67 bits per heavy atom. The van der Waals surface area contributed by atoms with Gasteiger partial charge in [0.05, 0.1) is 39.1 Å². The van der Waals surface area contributed by atoms with Gasteiger partial charge in [0.15, 0.2) is 17.7 Å². The number of hydrogen-bond acceptors (Lipinski definition) is 11. The predicted molar refractivity (Wildman–Crippen MR) is 211 cm³/mol. The van der Waals surface area contributed by atoms with Crippen LogP contribution >= 0.6 is 0 Å². The fourth-order valence-electron chi connectivity index (χ4n) is 8.65. The van der Waals surface area contributed by atoms with Crippen LogP contribution in [0.2, 0.25) is 0 Å². The summed E-state index contributed by atoms with van der Waals surface area (Å²) in [5.41, 5.74) is 8.85. The smallest absolute Gasteiger partial charge is 0.200 e. The lowest BCUT2D eigenvalue weighted by atomic mass is 9.74. The number of benzene rings is 4. The second-order valence-electron chi connectivity index (χ2n) is 14.9. The molecule has 0 fully saturated rings. The lowest BCUT2D eigenvalue weighted by molar-refractivity contribution is 0.0876. The number of aliphatic hydroxyl groups is 3. The second-order valence-corrected chi connectivity index (χ2v) is 14.9. The van der Waals surface area contributed by atoms with E-state index in [2.05, 4.69) is 42.7 Å². The second kappa shape index (κ2) is 16.6. The van der Waals surface area contributed by atoms with E-state index < -0.39 is 18.2 Å². The molecule has 0 saturated carbocycles. The summed E-state index contributed by atoms with van der Waals surface area (Å²) in [5.74, 6) is 1.70. The minimum Gasteiger partial charge on any atom is -0.502 e. The van der Waals surface area contributed by atoms with E-state index in [1.807, 2.05) is 25.1 Å². The highest BCUT2D eigenvalue weighted by molar-refractivity contribution is 5.93. The van der Waals surface area contributed by atoms with Gasteiger partial charge in [0, 0.05) is 58.5 Å². The van der Waals surface area contributed by atoms with Gasteiger partial charge >= 0.3 is 0 Å². The van der Waals surface area contributed by atoms with Crippen molar-refractivity contribution < 1.29 is 44.1 Å². The largest absolute Gasteiger partial charge is 0.502 e. The Kier molecular flexibility index (Phi) is 11.6. The molecule has 7 rings (SSSR count). The van der Waals surface area contributed by atoms with Gasteiger partial charge in [-0.3, -0.25) is 5.32 Å². The fraction of sp³-hybridized carbons (Fsp3) is 0.455. The first-order valence-corrected chi connectivity index (χ1v) is 19.5. The van der Waals surface area contributed by atoms with Gasteiger partial charge in [0.2, 0.25) is 5.75 Å². The van der Waals surface area contributed by atoms with Crippen molar-refractivity contribution in [3.63, 3.8) is 0 Å². The Morgan fingerprint density at radius 3 is 2.42 bits per heavy atom. The highest BCUT2D eigenvalue weighted by Gasteiger charge is 2.41. The van der Waals surface area contributed by atoms with E-state index in [0.717, 1.165) is 41.6 Å². The first kappa shape index (κ1) is 38.6. The monoisotopic (exact) mass is 754 g/mol. The summed E-state index contributed by atoms with van der Waals surface area (Å²) in [6.07, 6.45) is 2.06. The number of aliphatic hydroxyl groups excluding tert-OH is 3. The van der Waals surface area contributed by atoms with E-state index in [-0.39, 0.29) is 49.7 Å². The van der Waals surface area contributed by atoms with Gasteiger partial charge in [0.25, 0.3) is 0 Å². The first-order valence-electron chi connectivity index (χ1n) is 19.5. The number of anilines is 1. The van der Waals surface area contributed by atoms with Crippen LogP contribution < -0.4 is 34.3 Å². The Hall–Kier alpha value is -4.68. The maximum absolute atomic E-state index is 12.3. The number of ether oxygens (including phenoxy) is 5. The molecule has 4 aromatic carbocycles. The maximum Gasteiger partial charge on any atom is 0.200 e. The average molecular weight is 755 g/mol. The van der Waals surface area contributed by atoms with Gasteiger partial charge in [-0.2, -0.15) is 0 Å². The highest BCUT2D eigenvalue weighted by atomic mass is 16.5. The van der Waals surface area contributed by atoms with E-state index in [4.69, 9.17) is 23.7 Å². The Bertz CT molecular complexity index is 2020. The standard InChI is InChI=1S/C44H54N2O9/c1-6-10-24(3)28-12-9-8-11-26(28)15-25(20-47)21-53-37-17-27(16-36(52-5)43(37)49)31-22-54-34-18-32-38-30(39(34)42(31)48)14-13-29-33(51-4)19-35(55-23-45-7-2)41(40(29)38)44(50)46-32/h8-9,11-12,16-19,24-25,31,42,44-50H,6-7,10,13-15,20-23H2,1-5H3/t24-,25+,31+,42-,44+/m0/s1. The van der Waals surface area contributed by atoms with Crippen LogP contribution in [0.3, 0.4) is 0 Å². The molecule has 6 N–H and O–H groups in total. The quantitative estimate of drug-likeness (QED) is 0.0525. The van der Waals surface area contributed by atoms with E-state index in [1.54, 1.807) is 19.2 Å². The van der Waals surface area contributed by atoms with Gasteiger partial charge < -0.3 is 49.4 Å². The summed E-state index contributed by atoms with van der Waals surface area (Å²) < 4.78 is 30.2. The number of phenolic OH excluding ortho intramolecular Hbond substituents is 1. The Labute approximate surface area is 323 Å². The van der Waals surface area contributed by atoms with E-state index in [9.17, 15) is 20.4 Å². The number of fused-ring (bicyclic) bond motifs is 2. The Balaban J connectivity index is 1.20. The summed E-state index contributed by atoms with van der Waals surface area (Å²) in [6.45, 7) is 7.66. The van der Waals surface area contributed by atoms with E-state index in [1.165, 1.54) is 18.2 Å². The van der Waals surface area contributed by atoms with E-state index in [0.29, 0.717) is 64.8 Å². The number of aromatic hydroxyl groups is 1. The van der Waals surface area contributed by atoms with Crippen LogP contribution in [0.4, 0.5) is 5.69 Å². The highest BCUT2D eigenvalue weighted by Crippen LogP contribution is 2.57. The van der Waals surface area contributed by atoms with Crippen molar-refractivity contribution in [1.29, 1.82) is 0 Å². The fourth-order valence-corrected chi connectivity index (χ4v) is 8.65. The molecule has 2 heterocycles. The third-order valence-electron chi connectivity index (χ3n) is 11.4. The van der Waals surface area contributed by atoms with Gasteiger partial charge in [-0.25, -0.2) is 0 Å². The summed E-state index contributed by atoms with van der Waals surface area (Å²) >= 11 is 0. The lowest BCUT2D eigenvalue weighted by Crippen LogP contribution is -2.29. The SMILES string of the molecule is CCC[C@H](C)c1ccccc1C[C@H](CO)COc1cc([C@H]2COc3cc4c5c(c3[C@H]2O)CCc2c(OC)cc(OCNCC)c(c2-5)[C@@H](O)N4)cc(OC)c1O. The van der Waals surface area contributed by atoms with Crippen LogP contribution in [0.15, 0.2) is 48.5 Å². The number of rotatable bonds is 16. The van der Waals surface area contributed by atoms with Crippen LogP contribution in [0, 0.1) is 5.92 Å². The molecule has 3 aliphatic rings. The lowest BCUT2D eigenvalue weighted by Gasteiger charge is -2.39. The molecule has 1 aliphatic carbocycles. The minimum absolute atomic E-state index is 0.0843. The molecule has 0 bridgehead atoms. The zero-order valence-corrected chi connectivity index (χ0v) is 32.4. The molecule has 2 aliphatic heterocycles. The molecule has 4 aromatic rings. The van der Waals surface area contributed by atoms with Crippen molar-refractivity contribution in [2.24, 2.45) is 5.92 Å². The third kappa shape index (κ3) is 7.26. The normalized spacial score (nSPS) is 18.9. The number of nitrogens with one attached hydrogen (secondary N) is 2. The summed E-state index contributed by atoms with van der Waals surface area (Å²) in [6, 6.07) is 15.5. The molecule has 11 heteroatoms. The molecule has 0 saturated heterocycles. The molecule has 294 valence electrons.